The van der Waals surface area contributed by atoms with E-state index in [1.54, 1.807) is 0 Å². The number of carbonyl (C=O) groups excluding carboxylic acids is 2. The summed E-state index contributed by atoms with van der Waals surface area (Å²) in [6.07, 6.45) is 2.15. The highest BCUT2D eigenvalue weighted by atomic mass is 16.3. The second-order valence-corrected chi connectivity index (χ2v) is 4.34. The molecular formula is C11H21N3O3. The molecule has 1 heterocycles. The molecule has 0 aliphatic carbocycles. The number of rotatable bonds is 4. The molecule has 17 heavy (non-hydrogen) atoms. The van der Waals surface area contributed by atoms with Gasteiger partial charge in [0.2, 0.25) is 5.91 Å². The van der Waals surface area contributed by atoms with Gasteiger partial charge < -0.3 is 10.4 Å². The number of urea groups is 1. The number of nitrogens with zero attached hydrogens (tertiary/aromatic N) is 1. The first-order valence-corrected chi connectivity index (χ1v) is 6.10. The molecule has 0 spiro atoms. The first-order valence-electron chi connectivity index (χ1n) is 6.10. The van der Waals surface area contributed by atoms with Crippen LogP contribution >= 0.6 is 0 Å². The van der Waals surface area contributed by atoms with E-state index >= 15 is 0 Å². The molecule has 1 rings (SSSR count). The largest absolute Gasteiger partial charge is 0.392 e. The molecule has 1 saturated heterocycles. The van der Waals surface area contributed by atoms with Crippen LogP contribution in [0.25, 0.3) is 0 Å². The highest BCUT2D eigenvalue weighted by molar-refractivity contribution is 5.95. The van der Waals surface area contributed by atoms with E-state index in [-0.39, 0.29) is 18.6 Å². The van der Waals surface area contributed by atoms with Crippen LogP contribution in [0.1, 0.15) is 26.2 Å². The third-order valence-corrected chi connectivity index (χ3v) is 2.64. The standard InChI is InChI=1S/C11H21N3O3/c1-2-5-12-11(17)13-10(16)8-14-6-3-4-9(15)7-14/h9,15H,2-8H2,1H3,(H2,12,13,16,17)/t9-/m0/s1. The van der Waals surface area contributed by atoms with E-state index < -0.39 is 6.03 Å². The van der Waals surface area contributed by atoms with Gasteiger partial charge in [-0.25, -0.2) is 4.79 Å². The minimum absolute atomic E-state index is 0.163. The number of likely N-dealkylation sites (tertiary alicyclic amines) is 1. The Morgan fingerprint density at radius 3 is 2.88 bits per heavy atom. The first kappa shape index (κ1) is 13.9. The number of aliphatic hydroxyl groups is 1. The van der Waals surface area contributed by atoms with E-state index in [4.69, 9.17) is 0 Å². The summed E-state index contributed by atoms with van der Waals surface area (Å²) in [7, 11) is 0. The lowest BCUT2D eigenvalue weighted by atomic mass is 10.1. The molecule has 0 bridgehead atoms. The summed E-state index contributed by atoms with van der Waals surface area (Å²) in [5, 5.41) is 14.3. The normalized spacial score (nSPS) is 20.9. The van der Waals surface area contributed by atoms with Crippen molar-refractivity contribution in [2.24, 2.45) is 0 Å². The van der Waals surface area contributed by atoms with Crippen molar-refractivity contribution in [1.29, 1.82) is 0 Å². The third-order valence-electron chi connectivity index (χ3n) is 2.64. The van der Waals surface area contributed by atoms with Crippen molar-refractivity contribution in [3.8, 4) is 0 Å². The van der Waals surface area contributed by atoms with E-state index in [0.29, 0.717) is 13.1 Å². The van der Waals surface area contributed by atoms with E-state index in [2.05, 4.69) is 10.6 Å². The summed E-state index contributed by atoms with van der Waals surface area (Å²) < 4.78 is 0. The zero-order chi connectivity index (χ0) is 12.7. The van der Waals surface area contributed by atoms with Gasteiger partial charge in [-0.15, -0.1) is 0 Å². The van der Waals surface area contributed by atoms with Gasteiger partial charge in [0.25, 0.3) is 0 Å². The number of β-amino-alcohol motifs (C(OH)–C–C–N with tert-alkyl or cyclic N) is 1. The Labute approximate surface area is 101 Å². The van der Waals surface area contributed by atoms with Gasteiger partial charge in [-0.3, -0.25) is 15.0 Å². The van der Waals surface area contributed by atoms with Crippen molar-refractivity contribution in [3.05, 3.63) is 0 Å². The van der Waals surface area contributed by atoms with Gasteiger partial charge in [-0.05, 0) is 25.8 Å². The lowest BCUT2D eigenvalue weighted by molar-refractivity contribution is -0.121. The molecule has 3 amide bonds. The average molecular weight is 243 g/mol. The molecule has 1 fully saturated rings. The molecule has 0 aromatic heterocycles. The van der Waals surface area contributed by atoms with Crippen LogP contribution in [0.5, 0.6) is 0 Å². The Bertz CT molecular complexity index is 271. The van der Waals surface area contributed by atoms with Gasteiger partial charge in [0.05, 0.1) is 12.6 Å². The fourth-order valence-corrected chi connectivity index (χ4v) is 1.83. The molecule has 0 aromatic rings. The van der Waals surface area contributed by atoms with Crippen LogP contribution in [-0.4, -0.2) is 54.2 Å². The highest BCUT2D eigenvalue weighted by Crippen LogP contribution is 2.08. The molecule has 1 atom stereocenters. The molecule has 3 N–H and O–H groups in total. The number of imide groups is 1. The summed E-state index contributed by atoms with van der Waals surface area (Å²) in [5.41, 5.74) is 0. The fourth-order valence-electron chi connectivity index (χ4n) is 1.83. The Kier molecular flexibility index (Phi) is 5.93. The average Bonchev–Trinajstić information content (AvgIpc) is 2.26. The van der Waals surface area contributed by atoms with Crippen molar-refractivity contribution in [3.63, 3.8) is 0 Å². The maximum absolute atomic E-state index is 11.5. The smallest absolute Gasteiger partial charge is 0.321 e. The number of carbonyl (C=O) groups is 2. The Morgan fingerprint density at radius 1 is 1.47 bits per heavy atom. The summed E-state index contributed by atoms with van der Waals surface area (Å²) >= 11 is 0. The second kappa shape index (κ2) is 7.24. The predicted octanol–water partition coefficient (Wildman–Crippen LogP) is -0.321. The maximum atomic E-state index is 11.5. The lowest BCUT2D eigenvalue weighted by Crippen LogP contribution is -2.47. The number of amides is 3. The van der Waals surface area contributed by atoms with Gasteiger partial charge in [0.1, 0.15) is 0 Å². The van der Waals surface area contributed by atoms with E-state index in [1.807, 2.05) is 11.8 Å². The third kappa shape index (κ3) is 5.65. The Hall–Kier alpha value is -1.14. The number of hydrogen-bond acceptors (Lipinski definition) is 4. The number of nitrogens with one attached hydrogen (secondary N) is 2. The van der Waals surface area contributed by atoms with E-state index in [0.717, 1.165) is 25.8 Å². The predicted molar refractivity (Wildman–Crippen MR) is 63.5 cm³/mol. The second-order valence-electron chi connectivity index (χ2n) is 4.34. The molecule has 1 aliphatic rings. The van der Waals surface area contributed by atoms with Crippen molar-refractivity contribution >= 4 is 11.9 Å². The molecule has 0 radical (unpaired) electrons. The highest BCUT2D eigenvalue weighted by Gasteiger charge is 2.20. The minimum atomic E-state index is -0.450. The maximum Gasteiger partial charge on any atom is 0.321 e. The molecule has 0 saturated carbocycles. The van der Waals surface area contributed by atoms with Crippen molar-refractivity contribution in [2.45, 2.75) is 32.3 Å². The number of piperidine rings is 1. The van der Waals surface area contributed by atoms with Crippen LogP contribution in [0.4, 0.5) is 4.79 Å². The number of hydrogen-bond donors (Lipinski definition) is 3. The summed E-state index contributed by atoms with van der Waals surface area (Å²) in [6, 6.07) is -0.450. The zero-order valence-electron chi connectivity index (χ0n) is 10.2. The summed E-state index contributed by atoms with van der Waals surface area (Å²) in [6.45, 7) is 3.96. The van der Waals surface area contributed by atoms with E-state index in [1.165, 1.54) is 0 Å². The van der Waals surface area contributed by atoms with Crippen molar-refractivity contribution < 1.29 is 14.7 Å². The fraction of sp³-hybridized carbons (Fsp3) is 0.818. The quantitative estimate of drug-likeness (QED) is 0.632. The van der Waals surface area contributed by atoms with Crippen LogP contribution in [0.2, 0.25) is 0 Å². The minimum Gasteiger partial charge on any atom is -0.392 e. The van der Waals surface area contributed by atoms with Gasteiger partial charge in [0.15, 0.2) is 0 Å². The molecule has 6 heteroatoms. The summed E-state index contributed by atoms with van der Waals surface area (Å²) in [5.74, 6) is -0.326. The van der Waals surface area contributed by atoms with Crippen LogP contribution in [0, 0.1) is 0 Å². The van der Waals surface area contributed by atoms with Gasteiger partial charge in [-0.2, -0.15) is 0 Å². The monoisotopic (exact) mass is 243 g/mol. The molecule has 0 aromatic carbocycles. The van der Waals surface area contributed by atoms with Crippen LogP contribution < -0.4 is 10.6 Å². The molecular weight excluding hydrogens is 222 g/mol. The van der Waals surface area contributed by atoms with Crippen molar-refractivity contribution in [1.82, 2.24) is 15.5 Å². The molecule has 6 nitrogen and oxygen atoms in total. The molecule has 1 aliphatic heterocycles. The zero-order valence-corrected chi connectivity index (χ0v) is 10.2. The van der Waals surface area contributed by atoms with Gasteiger partial charge >= 0.3 is 6.03 Å². The SMILES string of the molecule is CCCNC(=O)NC(=O)CN1CCC[C@H](O)C1. The molecule has 98 valence electrons. The molecule has 0 unspecified atom stereocenters. The Balaban J connectivity index is 2.21. The summed E-state index contributed by atoms with van der Waals surface area (Å²) in [4.78, 5) is 24.6. The van der Waals surface area contributed by atoms with Gasteiger partial charge in [0, 0.05) is 13.1 Å². The Morgan fingerprint density at radius 2 is 2.24 bits per heavy atom. The van der Waals surface area contributed by atoms with E-state index in [9.17, 15) is 14.7 Å². The first-order chi connectivity index (χ1) is 8.11. The topological polar surface area (TPSA) is 81.7 Å². The lowest BCUT2D eigenvalue weighted by Gasteiger charge is -2.29. The van der Waals surface area contributed by atoms with Crippen LogP contribution in [0.15, 0.2) is 0 Å². The van der Waals surface area contributed by atoms with Crippen LogP contribution in [0.3, 0.4) is 0 Å². The number of aliphatic hydroxyl groups excluding tert-OH is 1. The van der Waals surface area contributed by atoms with Gasteiger partial charge in [-0.1, -0.05) is 6.92 Å². The van der Waals surface area contributed by atoms with Crippen LogP contribution in [-0.2, 0) is 4.79 Å². The van der Waals surface area contributed by atoms with Crippen molar-refractivity contribution in [2.75, 3.05) is 26.2 Å².